The van der Waals surface area contributed by atoms with Gasteiger partial charge in [0.25, 0.3) is 0 Å². The first-order chi connectivity index (χ1) is 8.23. The third kappa shape index (κ3) is 6.85. The van der Waals surface area contributed by atoms with Crippen LogP contribution in [0.2, 0.25) is 0 Å². The van der Waals surface area contributed by atoms with E-state index in [1.165, 1.54) is 6.92 Å². The zero-order chi connectivity index (χ0) is 14.3. The van der Waals surface area contributed by atoms with E-state index in [0.717, 1.165) is 0 Å². The molecule has 0 heterocycles. The Morgan fingerprint density at radius 3 is 2.11 bits per heavy atom. The maximum atomic E-state index is 11.6. The molecule has 6 N–H and O–H groups in total. The van der Waals surface area contributed by atoms with E-state index in [2.05, 4.69) is 10.6 Å². The van der Waals surface area contributed by atoms with Crippen molar-refractivity contribution in [2.75, 3.05) is 6.54 Å². The first kappa shape index (κ1) is 16.4. The quantitative estimate of drug-likeness (QED) is 0.441. The summed E-state index contributed by atoms with van der Waals surface area (Å²) < 4.78 is 0. The number of nitrogens with one attached hydrogen (secondary N) is 2. The van der Waals surface area contributed by atoms with Gasteiger partial charge in [0.05, 0.1) is 12.6 Å². The van der Waals surface area contributed by atoms with E-state index in [9.17, 15) is 14.4 Å². The summed E-state index contributed by atoms with van der Waals surface area (Å²) in [5, 5.41) is 4.78. The fourth-order valence-electron chi connectivity index (χ4n) is 1.33. The minimum atomic E-state index is -0.755. The molecule has 0 saturated heterocycles. The van der Waals surface area contributed by atoms with Gasteiger partial charge in [-0.15, -0.1) is 0 Å². The van der Waals surface area contributed by atoms with Crippen molar-refractivity contribution in [2.24, 2.45) is 17.4 Å². The molecule has 0 rings (SSSR count). The minimum Gasteiger partial charge on any atom is -0.368 e. The Morgan fingerprint density at radius 1 is 1.11 bits per heavy atom. The number of hydrogen-bond donors (Lipinski definition) is 4. The van der Waals surface area contributed by atoms with Gasteiger partial charge in [-0.1, -0.05) is 13.8 Å². The zero-order valence-electron chi connectivity index (χ0n) is 11.0. The average Bonchev–Trinajstić information content (AvgIpc) is 2.24. The fourth-order valence-corrected chi connectivity index (χ4v) is 1.33. The summed E-state index contributed by atoms with van der Waals surface area (Å²) >= 11 is 0. The Morgan fingerprint density at radius 2 is 1.67 bits per heavy atom. The van der Waals surface area contributed by atoms with E-state index < -0.39 is 23.9 Å². The number of rotatable bonds is 7. The molecular weight excluding hydrogens is 236 g/mol. The molecule has 0 fully saturated rings. The molecule has 18 heavy (non-hydrogen) atoms. The van der Waals surface area contributed by atoms with Crippen molar-refractivity contribution in [1.29, 1.82) is 0 Å². The molecule has 0 aliphatic rings. The van der Waals surface area contributed by atoms with Gasteiger partial charge in [0.15, 0.2) is 0 Å². The average molecular weight is 258 g/mol. The lowest BCUT2D eigenvalue weighted by Gasteiger charge is -2.18. The molecule has 0 aromatic carbocycles. The normalized spacial score (nSPS) is 13.8. The number of primary amides is 1. The monoisotopic (exact) mass is 258 g/mol. The number of hydrogen-bond acceptors (Lipinski definition) is 4. The van der Waals surface area contributed by atoms with E-state index >= 15 is 0 Å². The maximum Gasteiger partial charge on any atom is 0.242 e. The Hall–Kier alpha value is -1.63. The maximum absolute atomic E-state index is 11.6. The molecule has 0 aliphatic carbocycles. The van der Waals surface area contributed by atoms with Crippen molar-refractivity contribution >= 4 is 17.7 Å². The van der Waals surface area contributed by atoms with Crippen molar-refractivity contribution in [2.45, 2.75) is 39.3 Å². The van der Waals surface area contributed by atoms with Crippen molar-refractivity contribution < 1.29 is 14.4 Å². The molecule has 0 bridgehead atoms. The summed E-state index contributed by atoms with van der Waals surface area (Å²) in [7, 11) is 0. The van der Waals surface area contributed by atoms with Crippen LogP contribution in [0.5, 0.6) is 0 Å². The third-order valence-electron chi connectivity index (χ3n) is 2.25. The molecule has 0 aromatic rings. The number of amides is 3. The highest BCUT2D eigenvalue weighted by Gasteiger charge is 2.20. The molecule has 2 atom stereocenters. The summed E-state index contributed by atoms with van der Waals surface area (Å²) in [4.78, 5) is 33.6. The minimum absolute atomic E-state index is 0.253. The predicted octanol–water partition coefficient (Wildman–Crippen LogP) is -1.53. The SMILES string of the molecule is CC(C)CC(N)C(=O)NC(C)C(=O)NCC(N)=O. The number of carbonyl (C=O) groups excluding carboxylic acids is 3. The highest BCUT2D eigenvalue weighted by atomic mass is 16.2. The molecule has 7 heteroatoms. The molecule has 104 valence electrons. The van der Waals surface area contributed by atoms with Crippen LogP contribution in [0.3, 0.4) is 0 Å². The van der Waals surface area contributed by atoms with Gasteiger partial charge in [0.2, 0.25) is 17.7 Å². The first-order valence-electron chi connectivity index (χ1n) is 5.86. The van der Waals surface area contributed by atoms with Crippen LogP contribution in [-0.4, -0.2) is 36.3 Å². The second kappa shape index (κ2) is 7.65. The van der Waals surface area contributed by atoms with Crippen LogP contribution in [0.4, 0.5) is 0 Å². The fraction of sp³-hybridized carbons (Fsp3) is 0.727. The largest absolute Gasteiger partial charge is 0.368 e. The van der Waals surface area contributed by atoms with Crippen molar-refractivity contribution in [3.8, 4) is 0 Å². The lowest BCUT2D eigenvalue weighted by molar-refractivity contribution is -0.130. The lowest BCUT2D eigenvalue weighted by atomic mass is 10.0. The molecule has 2 unspecified atom stereocenters. The van der Waals surface area contributed by atoms with Gasteiger partial charge in [-0.25, -0.2) is 0 Å². The van der Waals surface area contributed by atoms with Crippen LogP contribution in [0.25, 0.3) is 0 Å². The lowest BCUT2D eigenvalue weighted by Crippen LogP contribution is -2.51. The summed E-state index contributed by atoms with van der Waals surface area (Å²) in [5.74, 6) is -1.20. The van der Waals surface area contributed by atoms with Gasteiger partial charge < -0.3 is 22.1 Å². The van der Waals surface area contributed by atoms with Crippen molar-refractivity contribution in [3.05, 3.63) is 0 Å². The highest BCUT2D eigenvalue weighted by molar-refractivity contribution is 5.91. The standard InChI is InChI=1S/C11H22N4O3/c1-6(2)4-8(12)11(18)15-7(3)10(17)14-5-9(13)16/h6-8H,4-5,12H2,1-3H3,(H2,13,16)(H,14,17)(H,15,18). The summed E-state index contributed by atoms with van der Waals surface area (Å²) in [6.07, 6.45) is 0.543. The van der Waals surface area contributed by atoms with Crippen LogP contribution in [-0.2, 0) is 14.4 Å². The van der Waals surface area contributed by atoms with Crippen LogP contribution >= 0.6 is 0 Å². The number of nitrogens with two attached hydrogens (primary N) is 2. The Kier molecular flexibility index (Phi) is 6.96. The van der Waals surface area contributed by atoms with E-state index in [4.69, 9.17) is 11.5 Å². The predicted molar refractivity (Wildman–Crippen MR) is 67.2 cm³/mol. The molecule has 0 radical (unpaired) electrons. The smallest absolute Gasteiger partial charge is 0.242 e. The topological polar surface area (TPSA) is 127 Å². The Labute approximate surface area is 107 Å². The molecular formula is C11H22N4O3. The van der Waals surface area contributed by atoms with Gasteiger partial charge in [-0.05, 0) is 19.3 Å². The molecule has 0 aromatic heterocycles. The van der Waals surface area contributed by atoms with Crippen LogP contribution in [0.1, 0.15) is 27.2 Å². The Balaban J connectivity index is 4.13. The van der Waals surface area contributed by atoms with Gasteiger partial charge in [0, 0.05) is 0 Å². The van der Waals surface area contributed by atoms with E-state index in [1.54, 1.807) is 0 Å². The summed E-state index contributed by atoms with van der Waals surface area (Å²) in [5.41, 5.74) is 10.6. The van der Waals surface area contributed by atoms with Crippen LogP contribution in [0, 0.1) is 5.92 Å². The van der Waals surface area contributed by atoms with Crippen molar-refractivity contribution in [1.82, 2.24) is 10.6 Å². The van der Waals surface area contributed by atoms with Gasteiger partial charge in [0.1, 0.15) is 6.04 Å². The van der Waals surface area contributed by atoms with Gasteiger partial charge >= 0.3 is 0 Å². The van der Waals surface area contributed by atoms with Crippen molar-refractivity contribution in [3.63, 3.8) is 0 Å². The van der Waals surface area contributed by atoms with Gasteiger partial charge in [-0.2, -0.15) is 0 Å². The molecule has 7 nitrogen and oxygen atoms in total. The Bertz CT molecular complexity index is 317. The highest BCUT2D eigenvalue weighted by Crippen LogP contribution is 2.02. The van der Waals surface area contributed by atoms with Crippen LogP contribution in [0.15, 0.2) is 0 Å². The molecule has 3 amide bonds. The second-order valence-corrected chi connectivity index (χ2v) is 4.65. The third-order valence-corrected chi connectivity index (χ3v) is 2.25. The molecule has 0 aliphatic heterocycles. The van der Waals surface area contributed by atoms with E-state index in [1.807, 2.05) is 13.8 Å². The molecule has 0 saturated carbocycles. The summed E-state index contributed by atoms with van der Waals surface area (Å²) in [6, 6.07) is -1.40. The number of carbonyl (C=O) groups is 3. The summed E-state index contributed by atoms with van der Waals surface area (Å²) in [6.45, 7) is 5.17. The van der Waals surface area contributed by atoms with E-state index in [-0.39, 0.29) is 12.5 Å². The zero-order valence-corrected chi connectivity index (χ0v) is 11.0. The second-order valence-electron chi connectivity index (χ2n) is 4.65. The first-order valence-corrected chi connectivity index (χ1v) is 5.86. The van der Waals surface area contributed by atoms with Gasteiger partial charge in [-0.3, -0.25) is 14.4 Å². The van der Waals surface area contributed by atoms with Crippen LogP contribution < -0.4 is 22.1 Å². The van der Waals surface area contributed by atoms with E-state index in [0.29, 0.717) is 12.3 Å². The molecule has 0 spiro atoms.